The molecule has 174 valence electrons. The van der Waals surface area contributed by atoms with Crippen LogP contribution in [0.4, 0.5) is 0 Å². The van der Waals surface area contributed by atoms with E-state index in [0.29, 0.717) is 16.9 Å². The Morgan fingerprint density at radius 2 is 1.81 bits per heavy atom. The zero-order chi connectivity index (χ0) is 22.4. The zero-order valence-corrected chi connectivity index (χ0v) is 21.1. The Morgan fingerprint density at radius 3 is 2.52 bits per heavy atom. The van der Waals surface area contributed by atoms with Crippen molar-refractivity contribution in [3.63, 3.8) is 0 Å². The third-order valence-electron chi connectivity index (χ3n) is 10.2. The molecular formula is C29H47NO. The van der Waals surface area contributed by atoms with Crippen molar-refractivity contribution < 1.29 is 4.79 Å². The number of carbonyl (C=O) groups is 1. The maximum atomic E-state index is 11.6. The van der Waals surface area contributed by atoms with Crippen LogP contribution in [0.3, 0.4) is 0 Å². The topological polar surface area (TPSA) is 29.1 Å². The van der Waals surface area contributed by atoms with Crippen LogP contribution < -0.4 is 5.32 Å². The molecule has 4 aliphatic carbocycles. The van der Waals surface area contributed by atoms with Gasteiger partial charge in [-0.1, -0.05) is 77.2 Å². The molecular weight excluding hydrogens is 378 g/mol. The highest BCUT2D eigenvalue weighted by atomic mass is 16.1. The van der Waals surface area contributed by atoms with E-state index < -0.39 is 0 Å². The lowest BCUT2D eigenvalue weighted by atomic mass is 9.50. The summed E-state index contributed by atoms with van der Waals surface area (Å²) < 4.78 is 0. The summed E-state index contributed by atoms with van der Waals surface area (Å²) in [5, 5.41) is 3.19. The highest BCUT2D eigenvalue weighted by Gasteiger charge is 2.56. The van der Waals surface area contributed by atoms with Gasteiger partial charge in [0.1, 0.15) is 0 Å². The summed E-state index contributed by atoms with van der Waals surface area (Å²) in [6, 6.07) is 0.336. The standard InChI is InChI=1S/C29H47NO/c1-19(2)8-7-9-20(3)25-12-13-26-24-11-10-22-18-23(30-21(4)31)14-16-28(22,5)27(24)15-17-29(25,26)6/h10-11,19-20,23,25-27H,7-9,12-18H2,1-6H3,(H,30,31). The summed E-state index contributed by atoms with van der Waals surface area (Å²) >= 11 is 0. The first kappa shape index (κ1) is 23.1. The molecule has 3 fully saturated rings. The number of rotatable bonds is 6. The lowest BCUT2D eigenvalue weighted by Gasteiger charge is -2.55. The summed E-state index contributed by atoms with van der Waals surface area (Å²) in [4.78, 5) is 11.6. The maximum absolute atomic E-state index is 11.6. The number of hydrogen-bond donors (Lipinski definition) is 1. The number of nitrogens with one attached hydrogen (secondary N) is 1. The number of fused-ring (bicyclic) bond motifs is 5. The summed E-state index contributed by atoms with van der Waals surface area (Å²) in [5.41, 5.74) is 4.23. The van der Waals surface area contributed by atoms with Gasteiger partial charge >= 0.3 is 0 Å². The van der Waals surface area contributed by atoms with Gasteiger partial charge in [0.2, 0.25) is 5.91 Å². The SMILES string of the molecule is CC(=O)NC1CCC2(C)C(=CC=C3C2CCC2(C)C3CCC2C(C)CCCC(C)C)C1. The van der Waals surface area contributed by atoms with Gasteiger partial charge in [0.25, 0.3) is 0 Å². The van der Waals surface area contributed by atoms with Crippen LogP contribution in [0.2, 0.25) is 0 Å². The molecule has 0 spiro atoms. The molecule has 0 aromatic heterocycles. The summed E-state index contributed by atoms with van der Waals surface area (Å²) in [6.07, 6.45) is 18.3. The molecule has 1 amide bonds. The van der Waals surface area contributed by atoms with Crippen LogP contribution >= 0.6 is 0 Å². The molecule has 7 unspecified atom stereocenters. The number of allylic oxidation sites excluding steroid dienone is 3. The summed E-state index contributed by atoms with van der Waals surface area (Å²) in [7, 11) is 0. The van der Waals surface area contributed by atoms with Crippen molar-refractivity contribution in [3.8, 4) is 0 Å². The van der Waals surface area contributed by atoms with Gasteiger partial charge in [-0.25, -0.2) is 0 Å². The largest absolute Gasteiger partial charge is 0.353 e. The van der Waals surface area contributed by atoms with Gasteiger partial charge in [-0.15, -0.1) is 0 Å². The molecule has 4 rings (SSSR count). The minimum atomic E-state index is 0.120. The Morgan fingerprint density at radius 1 is 1.03 bits per heavy atom. The number of hydrogen-bond acceptors (Lipinski definition) is 1. The lowest BCUT2D eigenvalue weighted by molar-refractivity contribution is -0.119. The van der Waals surface area contributed by atoms with Crippen LogP contribution in [0.25, 0.3) is 0 Å². The zero-order valence-electron chi connectivity index (χ0n) is 21.1. The van der Waals surface area contributed by atoms with Crippen LogP contribution in [-0.2, 0) is 4.79 Å². The average Bonchev–Trinajstić information content (AvgIpc) is 3.05. The Hall–Kier alpha value is -1.05. The van der Waals surface area contributed by atoms with Crippen molar-refractivity contribution in [2.24, 2.45) is 40.4 Å². The van der Waals surface area contributed by atoms with Crippen molar-refractivity contribution in [1.29, 1.82) is 0 Å². The van der Waals surface area contributed by atoms with E-state index >= 15 is 0 Å². The minimum absolute atomic E-state index is 0.120. The summed E-state index contributed by atoms with van der Waals surface area (Å²) in [6.45, 7) is 14.1. The van der Waals surface area contributed by atoms with Crippen LogP contribution in [-0.4, -0.2) is 11.9 Å². The van der Waals surface area contributed by atoms with E-state index in [1.54, 1.807) is 18.1 Å². The van der Waals surface area contributed by atoms with Crippen LogP contribution in [0.5, 0.6) is 0 Å². The molecule has 2 heteroatoms. The number of amides is 1. The Kier molecular flexibility index (Phi) is 6.50. The van der Waals surface area contributed by atoms with Crippen molar-refractivity contribution in [3.05, 3.63) is 23.3 Å². The van der Waals surface area contributed by atoms with E-state index in [1.165, 1.54) is 51.4 Å². The van der Waals surface area contributed by atoms with E-state index in [9.17, 15) is 4.79 Å². The van der Waals surface area contributed by atoms with Gasteiger partial charge in [-0.3, -0.25) is 4.79 Å². The molecule has 1 N–H and O–H groups in total. The second kappa shape index (κ2) is 8.71. The Bertz CT molecular complexity index is 748. The monoisotopic (exact) mass is 425 g/mol. The molecule has 0 aromatic rings. The van der Waals surface area contributed by atoms with Gasteiger partial charge in [-0.05, 0) is 85.4 Å². The van der Waals surface area contributed by atoms with Crippen LogP contribution in [0.1, 0.15) is 106 Å². The Balaban J connectivity index is 1.51. The van der Waals surface area contributed by atoms with Gasteiger partial charge in [0, 0.05) is 13.0 Å². The van der Waals surface area contributed by atoms with Crippen molar-refractivity contribution >= 4 is 5.91 Å². The van der Waals surface area contributed by atoms with E-state index in [4.69, 9.17) is 0 Å². The average molecular weight is 426 g/mol. The first-order chi connectivity index (χ1) is 14.6. The molecule has 4 aliphatic rings. The van der Waals surface area contributed by atoms with Crippen molar-refractivity contribution in [2.45, 2.75) is 112 Å². The second-order valence-corrected chi connectivity index (χ2v) is 12.6. The third-order valence-corrected chi connectivity index (χ3v) is 10.2. The highest BCUT2D eigenvalue weighted by Crippen LogP contribution is 2.66. The quantitative estimate of drug-likeness (QED) is 0.470. The minimum Gasteiger partial charge on any atom is -0.353 e. The molecule has 0 heterocycles. The van der Waals surface area contributed by atoms with Gasteiger partial charge < -0.3 is 5.32 Å². The fourth-order valence-corrected chi connectivity index (χ4v) is 8.44. The van der Waals surface area contributed by atoms with E-state index in [0.717, 1.165) is 42.4 Å². The molecule has 3 saturated carbocycles. The highest BCUT2D eigenvalue weighted by molar-refractivity contribution is 5.73. The smallest absolute Gasteiger partial charge is 0.217 e. The fraction of sp³-hybridized carbons (Fsp3) is 0.828. The van der Waals surface area contributed by atoms with E-state index in [2.05, 4.69) is 52.1 Å². The molecule has 0 aliphatic heterocycles. The summed E-state index contributed by atoms with van der Waals surface area (Å²) in [5.74, 6) is 4.26. The van der Waals surface area contributed by atoms with E-state index in [1.807, 2.05) is 0 Å². The molecule has 0 radical (unpaired) electrons. The van der Waals surface area contributed by atoms with Gasteiger partial charge in [-0.2, -0.15) is 0 Å². The van der Waals surface area contributed by atoms with Crippen molar-refractivity contribution in [2.75, 3.05) is 0 Å². The molecule has 0 bridgehead atoms. The fourth-order valence-electron chi connectivity index (χ4n) is 8.44. The first-order valence-corrected chi connectivity index (χ1v) is 13.3. The molecule has 0 aromatic carbocycles. The molecule has 31 heavy (non-hydrogen) atoms. The predicted octanol–water partition coefficient (Wildman–Crippen LogP) is 7.45. The predicted molar refractivity (Wildman–Crippen MR) is 131 cm³/mol. The van der Waals surface area contributed by atoms with Crippen LogP contribution in [0, 0.1) is 40.4 Å². The first-order valence-electron chi connectivity index (χ1n) is 13.3. The molecule has 0 saturated heterocycles. The Labute approximate surface area is 191 Å². The normalized spacial score (nSPS) is 40.4. The van der Waals surface area contributed by atoms with Crippen molar-refractivity contribution in [1.82, 2.24) is 5.32 Å². The van der Waals surface area contributed by atoms with Gasteiger partial charge in [0.05, 0.1) is 0 Å². The molecule has 2 nitrogen and oxygen atoms in total. The van der Waals surface area contributed by atoms with E-state index in [-0.39, 0.29) is 5.91 Å². The van der Waals surface area contributed by atoms with Crippen LogP contribution in [0.15, 0.2) is 23.3 Å². The third kappa shape index (κ3) is 4.18. The molecule has 7 atom stereocenters. The lowest BCUT2D eigenvalue weighted by Crippen LogP contribution is -2.48. The number of carbonyl (C=O) groups excluding carboxylic acids is 1. The van der Waals surface area contributed by atoms with Gasteiger partial charge in [0.15, 0.2) is 0 Å². The second-order valence-electron chi connectivity index (χ2n) is 12.6. The maximum Gasteiger partial charge on any atom is 0.217 e.